The summed E-state index contributed by atoms with van der Waals surface area (Å²) in [6, 6.07) is 15.0. The minimum absolute atomic E-state index is 0.141. The summed E-state index contributed by atoms with van der Waals surface area (Å²) in [5.41, 5.74) is 4.27. The lowest BCUT2D eigenvalue weighted by atomic mass is 9.95. The van der Waals surface area contributed by atoms with Gasteiger partial charge in [-0.05, 0) is 52.6 Å². The number of nitrogens with one attached hydrogen (secondary N) is 1. The third kappa shape index (κ3) is 4.77. The van der Waals surface area contributed by atoms with Gasteiger partial charge >= 0.3 is 0 Å². The van der Waals surface area contributed by atoms with E-state index in [-0.39, 0.29) is 24.0 Å². The van der Waals surface area contributed by atoms with E-state index in [0.717, 1.165) is 27.9 Å². The molecule has 0 radical (unpaired) electrons. The Bertz CT molecular complexity index is 1410. The van der Waals surface area contributed by atoms with E-state index < -0.39 is 21.8 Å². The Morgan fingerprint density at radius 1 is 1.14 bits per heavy atom. The number of aromatic nitrogens is 1. The summed E-state index contributed by atoms with van der Waals surface area (Å²) in [6.45, 7) is 0.627. The first-order chi connectivity index (χ1) is 16.8. The first-order valence-corrected chi connectivity index (χ1v) is 12.9. The van der Waals surface area contributed by atoms with Crippen molar-refractivity contribution in [3.63, 3.8) is 0 Å². The fourth-order valence-corrected chi connectivity index (χ4v) is 5.85. The maximum Gasteiger partial charge on any atom is 0.232 e. The van der Waals surface area contributed by atoms with E-state index in [1.807, 2.05) is 18.2 Å². The highest BCUT2D eigenvalue weighted by Crippen LogP contribution is 2.37. The number of fused-ring (bicyclic) bond motifs is 1. The van der Waals surface area contributed by atoms with Crippen molar-refractivity contribution in [2.45, 2.75) is 18.5 Å². The summed E-state index contributed by atoms with van der Waals surface area (Å²) in [7, 11) is -1.84. The molecular formula is C26H24FN3O4S. The zero-order chi connectivity index (χ0) is 24.6. The molecule has 0 bridgehead atoms. The van der Waals surface area contributed by atoms with Gasteiger partial charge in [-0.2, -0.15) is 0 Å². The molecule has 0 saturated carbocycles. The highest BCUT2D eigenvalue weighted by atomic mass is 32.2. The number of sulfone groups is 1. The van der Waals surface area contributed by atoms with Crippen LogP contribution in [0.3, 0.4) is 0 Å². The van der Waals surface area contributed by atoms with Crippen molar-refractivity contribution in [3.05, 3.63) is 89.2 Å². The number of hydrogen-bond acceptors (Lipinski definition) is 6. The molecule has 0 aliphatic carbocycles. The largest absolute Gasteiger partial charge is 0.481 e. The zero-order valence-electron chi connectivity index (χ0n) is 19.0. The number of pyridine rings is 1. The van der Waals surface area contributed by atoms with E-state index in [2.05, 4.69) is 10.3 Å². The quantitative estimate of drug-likeness (QED) is 0.563. The van der Waals surface area contributed by atoms with Crippen molar-refractivity contribution in [2.24, 2.45) is 0 Å². The van der Waals surface area contributed by atoms with Crippen molar-refractivity contribution in [1.29, 1.82) is 0 Å². The molecule has 3 heterocycles. The minimum Gasteiger partial charge on any atom is -0.481 e. The Balaban J connectivity index is 1.44. The number of benzene rings is 2. The number of rotatable bonds is 6. The van der Waals surface area contributed by atoms with Crippen molar-refractivity contribution in [3.8, 4) is 17.0 Å². The Hall–Kier alpha value is -3.72. The van der Waals surface area contributed by atoms with Gasteiger partial charge in [-0.3, -0.25) is 4.79 Å². The molecule has 0 fully saturated rings. The number of carbonyl (C=O) groups is 1. The first kappa shape index (κ1) is 23.0. The molecule has 7 nitrogen and oxygen atoms in total. The van der Waals surface area contributed by atoms with E-state index >= 15 is 0 Å². The average Bonchev–Trinajstić information content (AvgIpc) is 3.45. The van der Waals surface area contributed by atoms with Gasteiger partial charge in [0.05, 0.1) is 24.8 Å². The normalized spacial score (nSPS) is 19.7. The second kappa shape index (κ2) is 9.14. The fourth-order valence-electron chi connectivity index (χ4n) is 4.55. The van der Waals surface area contributed by atoms with Gasteiger partial charge in [-0.25, -0.2) is 17.8 Å². The molecule has 0 saturated heterocycles. The van der Waals surface area contributed by atoms with Crippen LogP contribution in [0.2, 0.25) is 0 Å². The maximum absolute atomic E-state index is 13.8. The van der Waals surface area contributed by atoms with Crippen LogP contribution in [-0.2, 0) is 21.2 Å². The monoisotopic (exact) mass is 493 g/mol. The van der Waals surface area contributed by atoms with E-state index in [1.165, 1.54) is 24.7 Å². The maximum atomic E-state index is 13.8. The number of hydrogen-bond donors (Lipinski definition) is 1. The van der Waals surface area contributed by atoms with Crippen LogP contribution >= 0.6 is 0 Å². The van der Waals surface area contributed by atoms with Crippen molar-refractivity contribution in [2.75, 3.05) is 24.7 Å². The lowest BCUT2D eigenvalue weighted by Crippen LogP contribution is -2.43. The van der Waals surface area contributed by atoms with E-state index in [9.17, 15) is 17.6 Å². The minimum atomic E-state index is -3.36. The van der Waals surface area contributed by atoms with Crippen LogP contribution in [0.4, 0.5) is 10.1 Å². The van der Waals surface area contributed by atoms with Gasteiger partial charge < -0.3 is 15.0 Å². The molecule has 2 aliphatic heterocycles. The predicted molar refractivity (Wildman–Crippen MR) is 131 cm³/mol. The van der Waals surface area contributed by atoms with Gasteiger partial charge in [0.1, 0.15) is 5.82 Å². The number of amides is 1. The lowest BCUT2D eigenvalue weighted by molar-refractivity contribution is -0.134. The first-order valence-electron chi connectivity index (χ1n) is 11.2. The molecule has 35 heavy (non-hydrogen) atoms. The number of carbonyl (C=O) groups excluding carboxylic acids is 1. The number of nitrogens with zero attached hydrogens (tertiary/aromatic N) is 2. The predicted octanol–water partition coefficient (Wildman–Crippen LogP) is 3.74. The van der Waals surface area contributed by atoms with Crippen molar-refractivity contribution >= 4 is 21.4 Å². The van der Waals surface area contributed by atoms with Crippen LogP contribution in [-0.4, -0.2) is 49.7 Å². The number of anilines is 1. The average molecular weight is 494 g/mol. The molecule has 1 aromatic heterocycles. The molecule has 5 rings (SSSR count). The Morgan fingerprint density at radius 2 is 1.91 bits per heavy atom. The molecule has 0 spiro atoms. The van der Waals surface area contributed by atoms with Gasteiger partial charge in [0, 0.05) is 36.4 Å². The van der Waals surface area contributed by atoms with Crippen LogP contribution in [0.15, 0.2) is 72.3 Å². The highest BCUT2D eigenvalue weighted by Gasteiger charge is 2.37. The Kier molecular flexibility index (Phi) is 6.02. The van der Waals surface area contributed by atoms with Gasteiger partial charge in [-0.1, -0.05) is 24.3 Å². The van der Waals surface area contributed by atoms with Gasteiger partial charge in [0.25, 0.3) is 0 Å². The summed E-state index contributed by atoms with van der Waals surface area (Å²) in [5.74, 6) is -0.641. The summed E-state index contributed by atoms with van der Waals surface area (Å²) >= 11 is 0. The van der Waals surface area contributed by atoms with Crippen LogP contribution in [0.1, 0.15) is 17.0 Å². The SMILES string of the molecule is COc1cc(CN(C(=O)C2CNc3cc(-c4ccc(F)cc4)ccc32)C2C=CS(=O)(=O)C2)ccn1. The molecule has 2 unspecified atom stereocenters. The second-order valence-electron chi connectivity index (χ2n) is 8.64. The van der Waals surface area contributed by atoms with Crippen molar-refractivity contribution in [1.82, 2.24) is 9.88 Å². The fraction of sp³-hybridized carbons (Fsp3) is 0.231. The molecule has 2 aliphatic rings. The highest BCUT2D eigenvalue weighted by molar-refractivity contribution is 7.94. The molecule has 180 valence electrons. The standard InChI is InChI=1S/C26H24FN3O4S/c1-34-25-12-17(8-10-28-25)15-30(21-9-11-35(32,33)16-21)26(31)23-14-29-24-13-19(4-7-22(23)24)18-2-5-20(27)6-3-18/h2-13,21,23,29H,14-16H2,1H3. The molecular weight excluding hydrogens is 469 g/mol. The number of methoxy groups -OCH3 is 1. The third-order valence-electron chi connectivity index (χ3n) is 6.36. The second-order valence-corrected chi connectivity index (χ2v) is 10.6. The Morgan fingerprint density at radius 3 is 2.63 bits per heavy atom. The van der Waals surface area contributed by atoms with E-state index in [4.69, 9.17) is 4.74 Å². The van der Waals surface area contributed by atoms with Gasteiger partial charge in [-0.15, -0.1) is 0 Å². The molecule has 1 amide bonds. The van der Waals surface area contributed by atoms with Gasteiger partial charge in [0.15, 0.2) is 9.84 Å². The summed E-state index contributed by atoms with van der Waals surface area (Å²) < 4.78 is 42.8. The Labute approximate surface area is 203 Å². The lowest BCUT2D eigenvalue weighted by Gasteiger charge is -2.30. The molecule has 2 aromatic carbocycles. The number of ether oxygens (including phenoxy) is 1. The number of halogens is 1. The molecule has 1 N–H and O–H groups in total. The van der Waals surface area contributed by atoms with Crippen molar-refractivity contribution < 1.29 is 22.3 Å². The van der Waals surface area contributed by atoms with Gasteiger partial charge in [0.2, 0.25) is 11.8 Å². The van der Waals surface area contributed by atoms with E-state index in [0.29, 0.717) is 12.4 Å². The van der Waals surface area contributed by atoms with Crippen LogP contribution in [0.5, 0.6) is 5.88 Å². The van der Waals surface area contributed by atoms with Crippen LogP contribution in [0.25, 0.3) is 11.1 Å². The smallest absolute Gasteiger partial charge is 0.232 e. The van der Waals surface area contributed by atoms with Crippen LogP contribution in [0, 0.1) is 5.82 Å². The topological polar surface area (TPSA) is 88.6 Å². The summed E-state index contributed by atoms with van der Waals surface area (Å²) in [6.07, 6.45) is 3.17. The molecule has 3 aromatic rings. The summed E-state index contributed by atoms with van der Waals surface area (Å²) in [5, 5.41) is 4.49. The summed E-state index contributed by atoms with van der Waals surface area (Å²) in [4.78, 5) is 19.6. The zero-order valence-corrected chi connectivity index (χ0v) is 19.8. The molecule has 9 heteroatoms. The third-order valence-corrected chi connectivity index (χ3v) is 7.73. The molecule has 2 atom stereocenters. The van der Waals surface area contributed by atoms with Crippen LogP contribution < -0.4 is 10.1 Å². The van der Waals surface area contributed by atoms with E-state index in [1.54, 1.807) is 41.4 Å².